The molecule has 2 aromatic carbocycles. The third-order valence-corrected chi connectivity index (χ3v) is 3.54. The lowest BCUT2D eigenvalue weighted by Gasteiger charge is -2.27. The van der Waals surface area contributed by atoms with Crippen molar-refractivity contribution in [2.45, 2.75) is 33.4 Å². The first-order valence-corrected chi connectivity index (χ1v) is 7.95. The maximum Gasteiger partial charge on any atom is 0.322 e. The molecule has 5 nitrogen and oxygen atoms in total. The summed E-state index contributed by atoms with van der Waals surface area (Å²) in [6.07, 6.45) is 0. The molecule has 0 aliphatic rings. The highest BCUT2D eigenvalue weighted by Crippen LogP contribution is 2.16. The fourth-order valence-corrected chi connectivity index (χ4v) is 2.30. The minimum absolute atomic E-state index is 0.0730. The summed E-state index contributed by atoms with van der Waals surface area (Å²) < 4.78 is 0. The standard InChI is InChI=1S/C19H23N3O2/c1-14(2)22(13-16-7-5-4-6-8-16)19(24)21-18-11-9-17(10-12-18)20-15(3)23/h4-12,14H,13H2,1-3H3,(H,20,23)(H,21,24). The number of carbonyl (C=O) groups excluding carboxylic acids is 2. The molecule has 0 saturated carbocycles. The first-order valence-electron chi connectivity index (χ1n) is 7.95. The van der Waals surface area contributed by atoms with E-state index in [1.54, 1.807) is 29.2 Å². The smallest absolute Gasteiger partial charge is 0.322 e. The van der Waals surface area contributed by atoms with Gasteiger partial charge in [0.25, 0.3) is 0 Å². The van der Waals surface area contributed by atoms with Crippen molar-refractivity contribution in [3.8, 4) is 0 Å². The van der Waals surface area contributed by atoms with Gasteiger partial charge in [-0.3, -0.25) is 4.79 Å². The maximum absolute atomic E-state index is 12.6. The van der Waals surface area contributed by atoms with E-state index in [4.69, 9.17) is 0 Å². The fourth-order valence-electron chi connectivity index (χ4n) is 2.30. The second kappa shape index (κ2) is 8.15. The molecule has 5 heteroatoms. The van der Waals surface area contributed by atoms with Crippen LogP contribution in [-0.2, 0) is 11.3 Å². The van der Waals surface area contributed by atoms with Crippen molar-refractivity contribution < 1.29 is 9.59 Å². The Kier molecular flexibility index (Phi) is 5.95. The quantitative estimate of drug-likeness (QED) is 0.870. The molecular weight excluding hydrogens is 302 g/mol. The number of anilines is 2. The highest BCUT2D eigenvalue weighted by molar-refractivity contribution is 5.91. The number of rotatable bonds is 5. The Labute approximate surface area is 142 Å². The molecule has 126 valence electrons. The van der Waals surface area contributed by atoms with E-state index in [2.05, 4.69) is 10.6 Å². The predicted molar refractivity (Wildman–Crippen MR) is 96.9 cm³/mol. The predicted octanol–water partition coefficient (Wildman–Crippen LogP) is 4.09. The van der Waals surface area contributed by atoms with Gasteiger partial charge in [-0.2, -0.15) is 0 Å². The number of urea groups is 1. The monoisotopic (exact) mass is 325 g/mol. The van der Waals surface area contributed by atoms with E-state index < -0.39 is 0 Å². The Hall–Kier alpha value is -2.82. The minimum atomic E-state index is -0.152. The van der Waals surface area contributed by atoms with Crippen molar-refractivity contribution in [2.24, 2.45) is 0 Å². The first kappa shape index (κ1) is 17.5. The molecule has 3 amide bonds. The molecule has 2 N–H and O–H groups in total. The number of hydrogen-bond acceptors (Lipinski definition) is 2. The van der Waals surface area contributed by atoms with Crippen molar-refractivity contribution in [1.29, 1.82) is 0 Å². The first-order chi connectivity index (χ1) is 11.5. The molecule has 0 spiro atoms. The average molecular weight is 325 g/mol. The summed E-state index contributed by atoms with van der Waals surface area (Å²) in [5.41, 5.74) is 2.47. The third-order valence-electron chi connectivity index (χ3n) is 3.54. The van der Waals surface area contributed by atoms with Crippen molar-refractivity contribution in [3.63, 3.8) is 0 Å². The van der Waals surface area contributed by atoms with Crippen molar-refractivity contribution >= 4 is 23.3 Å². The normalized spacial score (nSPS) is 10.3. The molecular formula is C19H23N3O2. The molecule has 2 aromatic rings. The molecule has 24 heavy (non-hydrogen) atoms. The van der Waals surface area contributed by atoms with Crippen molar-refractivity contribution in [2.75, 3.05) is 10.6 Å². The summed E-state index contributed by atoms with van der Waals surface area (Å²) in [6, 6.07) is 16.9. The molecule has 0 atom stereocenters. The number of nitrogens with zero attached hydrogens (tertiary/aromatic N) is 1. The highest BCUT2D eigenvalue weighted by atomic mass is 16.2. The van der Waals surface area contributed by atoms with E-state index in [9.17, 15) is 9.59 Å². The number of carbonyl (C=O) groups is 2. The summed E-state index contributed by atoms with van der Waals surface area (Å²) in [5.74, 6) is -0.124. The van der Waals surface area contributed by atoms with E-state index in [1.165, 1.54) is 6.92 Å². The van der Waals surface area contributed by atoms with Gasteiger partial charge in [-0.15, -0.1) is 0 Å². The second-order valence-corrected chi connectivity index (χ2v) is 5.90. The van der Waals surface area contributed by atoms with Gasteiger partial charge in [-0.1, -0.05) is 30.3 Å². The fraction of sp³-hybridized carbons (Fsp3) is 0.263. The average Bonchev–Trinajstić information content (AvgIpc) is 2.54. The Balaban J connectivity index is 2.03. The molecule has 0 unspecified atom stereocenters. The Bertz CT molecular complexity index is 682. The molecule has 2 rings (SSSR count). The topological polar surface area (TPSA) is 61.4 Å². The summed E-state index contributed by atoms with van der Waals surface area (Å²) in [6.45, 7) is 5.99. The lowest BCUT2D eigenvalue weighted by Crippen LogP contribution is -2.39. The van der Waals surface area contributed by atoms with Crippen LogP contribution in [0.15, 0.2) is 54.6 Å². The van der Waals surface area contributed by atoms with Crippen LogP contribution in [0.4, 0.5) is 16.2 Å². The Morgan fingerprint density at radius 1 is 0.917 bits per heavy atom. The summed E-state index contributed by atoms with van der Waals surface area (Å²) in [5, 5.41) is 5.60. The van der Waals surface area contributed by atoms with Gasteiger partial charge in [-0.25, -0.2) is 4.79 Å². The third kappa shape index (κ3) is 5.12. The van der Waals surface area contributed by atoms with E-state index in [0.717, 1.165) is 5.56 Å². The van der Waals surface area contributed by atoms with Crippen LogP contribution in [-0.4, -0.2) is 22.9 Å². The van der Waals surface area contributed by atoms with Gasteiger partial charge in [0.2, 0.25) is 5.91 Å². The van der Waals surface area contributed by atoms with Crippen LogP contribution in [0.25, 0.3) is 0 Å². The number of benzene rings is 2. The van der Waals surface area contributed by atoms with Crippen LogP contribution in [0.3, 0.4) is 0 Å². The van der Waals surface area contributed by atoms with Crippen LogP contribution >= 0.6 is 0 Å². The van der Waals surface area contributed by atoms with Gasteiger partial charge in [0, 0.05) is 30.9 Å². The van der Waals surface area contributed by atoms with Crippen LogP contribution in [0, 0.1) is 0 Å². The zero-order valence-corrected chi connectivity index (χ0v) is 14.2. The molecule has 0 aliphatic heterocycles. The van der Waals surface area contributed by atoms with Gasteiger partial charge in [0.05, 0.1) is 0 Å². The summed E-state index contributed by atoms with van der Waals surface area (Å²) >= 11 is 0. The molecule has 0 bridgehead atoms. The zero-order valence-electron chi connectivity index (χ0n) is 14.2. The SMILES string of the molecule is CC(=O)Nc1ccc(NC(=O)N(Cc2ccccc2)C(C)C)cc1. The molecule has 0 saturated heterocycles. The van der Waals surface area contributed by atoms with Crippen molar-refractivity contribution in [3.05, 3.63) is 60.2 Å². The zero-order chi connectivity index (χ0) is 17.5. The number of nitrogens with one attached hydrogen (secondary N) is 2. The minimum Gasteiger partial charge on any atom is -0.326 e. The van der Waals surface area contributed by atoms with E-state index >= 15 is 0 Å². The van der Waals surface area contributed by atoms with Gasteiger partial charge in [0.15, 0.2) is 0 Å². The largest absolute Gasteiger partial charge is 0.326 e. The molecule has 0 fully saturated rings. The summed E-state index contributed by atoms with van der Waals surface area (Å²) in [7, 11) is 0. The van der Waals surface area contributed by atoms with E-state index in [1.807, 2.05) is 44.2 Å². The number of amides is 3. The highest BCUT2D eigenvalue weighted by Gasteiger charge is 2.17. The maximum atomic E-state index is 12.6. The van der Waals surface area contributed by atoms with Gasteiger partial charge < -0.3 is 15.5 Å². The second-order valence-electron chi connectivity index (χ2n) is 5.90. The molecule has 0 radical (unpaired) electrons. The van der Waals surface area contributed by atoms with E-state index in [0.29, 0.717) is 17.9 Å². The van der Waals surface area contributed by atoms with Crippen LogP contribution < -0.4 is 10.6 Å². The van der Waals surface area contributed by atoms with Crippen LogP contribution in [0.2, 0.25) is 0 Å². The number of hydrogen-bond donors (Lipinski definition) is 2. The molecule has 0 aromatic heterocycles. The Morgan fingerprint density at radius 2 is 1.46 bits per heavy atom. The van der Waals surface area contributed by atoms with Crippen LogP contribution in [0.5, 0.6) is 0 Å². The summed E-state index contributed by atoms with van der Waals surface area (Å²) in [4.78, 5) is 25.4. The van der Waals surface area contributed by atoms with Crippen molar-refractivity contribution in [1.82, 2.24) is 4.90 Å². The molecule has 0 heterocycles. The lowest BCUT2D eigenvalue weighted by atomic mass is 10.2. The molecule has 0 aliphatic carbocycles. The van der Waals surface area contributed by atoms with Crippen LogP contribution in [0.1, 0.15) is 26.3 Å². The van der Waals surface area contributed by atoms with Gasteiger partial charge in [0.1, 0.15) is 0 Å². The van der Waals surface area contributed by atoms with Gasteiger partial charge >= 0.3 is 6.03 Å². The Morgan fingerprint density at radius 3 is 1.96 bits per heavy atom. The van der Waals surface area contributed by atoms with E-state index in [-0.39, 0.29) is 18.0 Å². The van der Waals surface area contributed by atoms with Gasteiger partial charge in [-0.05, 0) is 43.7 Å². The lowest BCUT2D eigenvalue weighted by molar-refractivity contribution is -0.114.